The third-order valence-corrected chi connectivity index (χ3v) is 6.78. The number of imidazole rings is 1. The molecule has 5 aromatic rings. The molecular formula is C30H27N3O2. The topological polar surface area (TPSA) is 47.4 Å². The van der Waals surface area contributed by atoms with Crippen molar-refractivity contribution in [3.05, 3.63) is 102 Å². The number of rotatable bonds is 6. The Balaban J connectivity index is 1.38. The van der Waals surface area contributed by atoms with E-state index in [1.54, 1.807) is 0 Å². The lowest BCUT2D eigenvalue weighted by Gasteiger charge is -2.20. The molecule has 1 aliphatic heterocycles. The van der Waals surface area contributed by atoms with E-state index in [4.69, 9.17) is 9.72 Å². The normalized spacial score (nSPS) is 15.9. The van der Waals surface area contributed by atoms with Crippen molar-refractivity contribution in [2.45, 2.75) is 25.8 Å². The van der Waals surface area contributed by atoms with Crippen molar-refractivity contribution in [2.24, 2.45) is 0 Å². The zero-order valence-corrected chi connectivity index (χ0v) is 19.7. The molecule has 5 heteroatoms. The number of benzene rings is 4. The number of fused-ring (bicyclic) bond motifs is 2. The number of aromatic nitrogens is 2. The third kappa shape index (κ3) is 3.93. The van der Waals surface area contributed by atoms with Gasteiger partial charge in [0.1, 0.15) is 11.6 Å². The van der Waals surface area contributed by atoms with Gasteiger partial charge < -0.3 is 14.2 Å². The fraction of sp³-hybridized carbons (Fsp3) is 0.200. The summed E-state index contributed by atoms with van der Waals surface area (Å²) in [6.07, 6.45) is 0.432. The Morgan fingerprint density at radius 2 is 1.69 bits per heavy atom. The Kier molecular flexibility index (Phi) is 5.45. The number of anilines is 1. The summed E-state index contributed by atoms with van der Waals surface area (Å²) in [5.74, 6) is 1.81. The smallest absolute Gasteiger partial charge is 0.227 e. The molecule has 5 nitrogen and oxygen atoms in total. The maximum Gasteiger partial charge on any atom is 0.227 e. The first-order valence-electron chi connectivity index (χ1n) is 12.2. The number of para-hydroxylation sites is 4. The number of carbonyl (C=O) groups is 1. The Bertz CT molecular complexity index is 1540. The molecule has 2 heterocycles. The van der Waals surface area contributed by atoms with Gasteiger partial charge in [0.25, 0.3) is 0 Å². The second-order valence-corrected chi connectivity index (χ2v) is 9.03. The molecule has 174 valence electrons. The molecule has 1 unspecified atom stereocenters. The molecule has 0 spiro atoms. The van der Waals surface area contributed by atoms with Crippen LogP contribution in [0.2, 0.25) is 0 Å². The van der Waals surface area contributed by atoms with Gasteiger partial charge in [-0.1, -0.05) is 60.7 Å². The van der Waals surface area contributed by atoms with Gasteiger partial charge in [-0.25, -0.2) is 4.98 Å². The number of hydrogen-bond donors (Lipinski definition) is 0. The SMILES string of the molecule is CCOc1ccccc1N1CC(c2nc3ccccc3n2Cc2ccc3ccccc3c2)CC1=O. The lowest BCUT2D eigenvalue weighted by molar-refractivity contribution is -0.117. The van der Waals surface area contributed by atoms with Crippen LogP contribution in [0.5, 0.6) is 5.75 Å². The van der Waals surface area contributed by atoms with Crippen LogP contribution in [0.15, 0.2) is 91.0 Å². The minimum atomic E-state index is 0.00467. The Hall–Kier alpha value is -4.12. The first-order valence-corrected chi connectivity index (χ1v) is 12.2. The summed E-state index contributed by atoms with van der Waals surface area (Å²) in [5, 5.41) is 2.46. The van der Waals surface area contributed by atoms with Crippen molar-refractivity contribution in [3.63, 3.8) is 0 Å². The van der Waals surface area contributed by atoms with Crippen molar-refractivity contribution in [1.82, 2.24) is 9.55 Å². The minimum absolute atomic E-state index is 0.00467. The average Bonchev–Trinajstić information content (AvgIpc) is 3.45. The molecule has 0 radical (unpaired) electrons. The number of carbonyl (C=O) groups excluding carboxylic acids is 1. The summed E-state index contributed by atoms with van der Waals surface area (Å²) in [4.78, 5) is 20.1. The predicted molar refractivity (Wildman–Crippen MR) is 140 cm³/mol. The molecule has 1 amide bonds. The first kappa shape index (κ1) is 21.4. The average molecular weight is 462 g/mol. The zero-order valence-electron chi connectivity index (χ0n) is 19.7. The van der Waals surface area contributed by atoms with Crippen molar-refractivity contribution in [1.29, 1.82) is 0 Å². The molecule has 1 aliphatic rings. The highest BCUT2D eigenvalue weighted by Crippen LogP contribution is 2.37. The lowest BCUT2D eigenvalue weighted by atomic mass is 10.1. The molecule has 4 aromatic carbocycles. The van der Waals surface area contributed by atoms with Crippen LogP contribution in [0.3, 0.4) is 0 Å². The monoisotopic (exact) mass is 461 g/mol. The van der Waals surface area contributed by atoms with Crippen LogP contribution in [0.4, 0.5) is 5.69 Å². The van der Waals surface area contributed by atoms with E-state index in [1.807, 2.05) is 42.2 Å². The van der Waals surface area contributed by atoms with Crippen molar-refractivity contribution in [2.75, 3.05) is 18.1 Å². The van der Waals surface area contributed by atoms with Gasteiger partial charge >= 0.3 is 0 Å². The van der Waals surface area contributed by atoms with Gasteiger partial charge in [0, 0.05) is 25.4 Å². The Morgan fingerprint density at radius 3 is 2.57 bits per heavy atom. The van der Waals surface area contributed by atoms with Crippen molar-refractivity contribution in [3.8, 4) is 5.75 Å². The second kappa shape index (κ2) is 8.91. The van der Waals surface area contributed by atoms with E-state index in [-0.39, 0.29) is 11.8 Å². The first-order chi connectivity index (χ1) is 17.2. The van der Waals surface area contributed by atoms with Crippen LogP contribution in [-0.4, -0.2) is 28.6 Å². The maximum absolute atomic E-state index is 13.2. The van der Waals surface area contributed by atoms with Gasteiger partial charge in [0.05, 0.1) is 23.3 Å². The van der Waals surface area contributed by atoms with Gasteiger partial charge in [-0.2, -0.15) is 0 Å². The molecule has 1 aromatic heterocycles. The Labute approximate surface area is 204 Å². The van der Waals surface area contributed by atoms with E-state index in [1.165, 1.54) is 16.3 Å². The standard InChI is InChI=1S/C30H27N3O2/c1-2-35-28-14-8-7-13-27(28)32-20-24(18-29(32)34)30-31-25-11-5-6-12-26(25)33(30)19-21-15-16-22-9-3-4-10-23(22)17-21/h3-17,24H,2,18-20H2,1H3. The number of nitrogens with zero attached hydrogens (tertiary/aromatic N) is 3. The van der Waals surface area contributed by atoms with Crippen LogP contribution in [0.25, 0.3) is 21.8 Å². The van der Waals surface area contributed by atoms with Crippen LogP contribution >= 0.6 is 0 Å². The quantitative estimate of drug-likeness (QED) is 0.304. The van der Waals surface area contributed by atoms with Gasteiger partial charge in [0.15, 0.2) is 0 Å². The van der Waals surface area contributed by atoms with E-state index in [2.05, 4.69) is 65.2 Å². The van der Waals surface area contributed by atoms with E-state index < -0.39 is 0 Å². The van der Waals surface area contributed by atoms with E-state index in [0.717, 1.165) is 28.3 Å². The number of ether oxygens (including phenoxy) is 1. The highest BCUT2D eigenvalue weighted by Gasteiger charge is 2.36. The maximum atomic E-state index is 13.2. The molecule has 1 fully saturated rings. The zero-order chi connectivity index (χ0) is 23.8. The fourth-order valence-corrected chi connectivity index (χ4v) is 5.16. The van der Waals surface area contributed by atoms with Crippen LogP contribution in [0, 0.1) is 0 Å². The third-order valence-electron chi connectivity index (χ3n) is 6.78. The molecule has 1 atom stereocenters. The summed E-state index contributed by atoms with van der Waals surface area (Å²) >= 11 is 0. The van der Waals surface area contributed by atoms with Crippen LogP contribution in [-0.2, 0) is 11.3 Å². The minimum Gasteiger partial charge on any atom is -0.492 e. The summed E-state index contributed by atoms with van der Waals surface area (Å²) in [6, 6.07) is 31.0. The molecular weight excluding hydrogens is 434 g/mol. The highest BCUT2D eigenvalue weighted by atomic mass is 16.5. The van der Waals surface area contributed by atoms with E-state index >= 15 is 0 Å². The van der Waals surface area contributed by atoms with Gasteiger partial charge in [-0.05, 0) is 53.6 Å². The molecule has 6 rings (SSSR count). The summed E-state index contributed by atoms with van der Waals surface area (Å²) < 4.78 is 8.10. The van der Waals surface area contributed by atoms with E-state index in [0.29, 0.717) is 26.1 Å². The fourth-order valence-electron chi connectivity index (χ4n) is 5.16. The molecule has 0 bridgehead atoms. The predicted octanol–water partition coefficient (Wildman–Crippen LogP) is 6.16. The molecule has 0 aliphatic carbocycles. The second-order valence-electron chi connectivity index (χ2n) is 9.03. The van der Waals surface area contributed by atoms with Crippen molar-refractivity contribution < 1.29 is 9.53 Å². The lowest BCUT2D eigenvalue weighted by Crippen LogP contribution is -2.25. The summed E-state index contributed by atoms with van der Waals surface area (Å²) in [6.45, 7) is 3.81. The van der Waals surface area contributed by atoms with Gasteiger partial charge in [0.2, 0.25) is 5.91 Å². The number of amides is 1. The summed E-state index contributed by atoms with van der Waals surface area (Å²) in [5.41, 5.74) is 4.11. The summed E-state index contributed by atoms with van der Waals surface area (Å²) in [7, 11) is 0. The molecule has 0 N–H and O–H groups in total. The molecule has 35 heavy (non-hydrogen) atoms. The van der Waals surface area contributed by atoms with E-state index in [9.17, 15) is 4.79 Å². The number of hydrogen-bond acceptors (Lipinski definition) is 3. The van der Waals surface area contributed by atoms with Gasteiger partial charge in [-0.15, -0.1) is 0 Å². The largest absolute Gasteiger partial charge is 0.492 e. The van der Waals surface area contributed by atoms with Crippen molar-refractivity contribution >= 4 is 33.4 Å². The van der Waals surface area contributed by atoms with Gasteiger partial charge in [-0.3, -0.25) is 4.79 Å². The Morgan fingerprint density at radius 1 is 0.914 bits per heavy atom. The van der Waals surface area contributed by atoms with Crippen LogP contribution in [0.1, 0.15) is 30.7 Å². The molecule has 1 saturated heterocycles. The van der Waals surface area contributed by atoms with Crippen LogP contribution < -0.4 is 9.64 Å². The highest BCUT2D eigenvalue weighted by molar-refractivity contribution is 5.98. The molecule has 0 saturated carbocycles.